The predicted molar refractivity (Wildman–Crippen MR) is 60.2 cm³/mol. The van der Waals surface area contributed by atoms with Gasteiger partial charge in [0.25, 0.3) is 0 Å². The van der Waals surface area contributed by atoms with Crippen LogP contribution in [-0.4, -0.2) is 29.2 Å². The van der Waals surface area contributed by atoms with Crippen molar-refractivity contribution in [1.82, 2.24) is 10.6 Å². The van der Waals surface area contributed by atoms with E-state index in [0.29, 0.717) is 0 Å². The molecule has 1 rings (SSSR count). The van der Waals surface area contributed by atoms with Crippen LogP contribution < -0.4 is 10.6 Å². The molecule has 0 aromatic rings. The summed E-state index contributed by atoms with van der Waals surface area (Å²) in [6.07, 6.45) is 6.86. The second-order valence-corrected chi connectivity index (χ2v) is 4.10. The number of rotatable bonds is 4. The summed E-state index contributed by atoms with van der Waals surface area (Å²) < 4.78 is 0. The molecule has 0 aromatic heterocycles. The molecule has 5 nitrogen and oxygen atoms in total. The van der Waals surface area contributed by atoms with Crippen LogP contribution >= 0.6 is 0 Å². The zero-order valence-electron chi connectivity index (χ0n) is 9.40. The van der Waals surface area contributed by atoms with Gasteiger partial charge in [-0.2, -0.15) is 0 Å². The predicted octanol–water partition coefficient (Wildman–Crippen LogP) is 1.26. The van der Waals surface area contributed by atoms with Crippen LogP contribution in [0.25, 0.3) is 0 Å². The first-order valence-electron chi connectivity index (χ1n) is 5.51. The van der Waals surface area contributed by atoms with Crippen LogP contribution in [0.4, 0.5) is 4.79 Å². The molecule has 16 heavy (non-hydrogen) atoms. The average Bonchev–Trinajstić information content (AvgIpc) is 2.17. The lowest BCUT2D eigenvalue weighted by Crippen LogP contribution is -2.46. The van der Waals surface area contributed by atoms with E-state index in [9.17, 15) is 9.59 Å². The molecule has 3 N–H and O–H groups in total. The van der Waals surface area contributed by atoms with E-state index in [0.717, 1.165) is 19.3 Å². The number of aliphatic carboxylic acids is 1. The number of hydrogen-bond acceptors (Lipinski definition) is 2. The second-order valence-electron chi connectivity index (χ2n) is 4.10. The fourth-order valence-corrected chi connectivity index (χ4v) is 1.69. The topological polar surface area (TPSA) is 78.4 Å². The summed E-state index contributed by atoms with van der Waals surface area (Å²) in [7, 11) is 0. The molecule has 0 saturated carbocycles. The molecule has 2 unspecified atom stereocenters. The third-order valence-corrected chi connectivity index (χ3v) is 2.46. The minimum atomic E-state index is -0.909. The fraction of sp³-hybridized carbons (Fsp3) is 0.636. The molecule has 2 atom stereocenters. The van der Waals surface area contributed by atoms with E-state index in [1.54, 1.807) is 6.92 Å². The highest BCUT2D eigenvalue weighted by Crippen LogP contribution is 2.10. The molecule has 0 fully saturated rings. The molecule has 2 amide bonds. The van der Waals surface area contributed by atoms with Crippen molar-refractivity contribution in [1.29, 1.82) is 0 Å². The van der Waals surface area contributed by atoms with E-state index in [-0.39, 0.29) is 24.5 Å². The summed E-state index contributed by atoms with van der Waals surface area (Å²) in [5.74, 6) is -0.909. The standard InChI is InChI=1S/C11H18N2O3/c1-8(7-10(14)15)12-11(16)13-9-5-3-2-4-6-9/h2-3,8-9H,4-7H2,1H3,(H,14,15)(H2,12,13,16). The lowest BCUT2D eigenvalue weighted by Gasteiger charge is -2.21. The van der Waals surface area contributed by atoms with E-state index in [4.69, 9.17) is 5.11 Å². The van der Waals surface area contributed by atoms with Crippen molar-refractivity contribution >= 4 is 12.0 Å². The molecular formula is C11H18N2O3. The first-order valence-corrected chi connectivity index (χ1v) is 5.51. The lowest BCUT2D eigenvalue weighted by molar-refractivity contribution is -0.137. The monoisotopic (exact) mass is 226 g/mol. The third-order valence-electron chi connectivity index (χ3n) is 2.46. The highest BCUT2D eigenvalue weighted by Gasteiger charge is 2.15. The van der Waals surface area contributed by atoms with Gasteiger partial charge in [-0.05, 0) is 26.2 Å². The van der Waals surface area contributed by atoms with Gasteiger partial charge in [0.15, 0.2) is 0 Å². The van der Waals surface area contributed by atoms with Crippen LogP contribution in [0.15, 0.2) is 12.2 Å². The molecule has 0 aliphatic heterocycles. The number of hydrogen-bond donors (Lipinski definition) is 3. The SMILES string of the molecule is CC(CC(=O)O)NC(=O)NC1CC=CCC1. The summed E-state index contributed by atoms with van der Waals surface area (Å²) in [6, 6.07) is -0.465. The van der Waals surface area contributed by atoms with Crippen molar-refractivity contribution in [2.75, 3.05) is 0 Å². The van der Waals surface area contributed by atoms with Crippen LogP contribution in [0.1, 0.15) is 32.6 Å². The molecule has 5 heteroatoms. The maximum Gasteiger partial charge on any atom is 0.315 e. The quantitative estimate of drug-likeness (QED) is 0.631. The molecule has 0 spiro atoms. The van der Waals surface area contributed by atoms with Gasteiger partial charge in [-0.3, -0.25) is 4.79 Å². The van der Waals surface area contributed by atoms with E-state index < -0.39 is 5.97 Å². The number of amides is 2. The van der Waals surface area contributed by atoms with E-state index in [1.165, 1.54) is 0 Å². The summed E-state index contributed by atoms with van der Waals surface area (Å²) in [5.41, 5.74) is 0. The number of carboxylic acids is 1. The van der Waals surface area contributed by atoms with Crippen molar-refractivity contribution in [3.05, 3.63) is 12.2 Å². The lowest BCUT2D eigenvalue weighted by atomic mass is 10.0. The number of nitrogens with one attached hydrogen (secondary N) is 2. The van der Waals surface area contributed by atoms with Crippen molar-refractivity contribution < 1.29 is 14.7 Å². The molecule has 1 aliphatic rings. The highest BCUT2D eigenvalue weighted by atomic mass is 16.4. The average molecular weight is 226 g/mol. The second kappa shape index (κ2) is 6.15. The number of urea groups is 1. The minimum Gasteiger partial charge on any atom is -0.481 e. The smallest absolute Gasteiger partial charge is 0.315 e. The Morgan fingerprint density at radius 2 is 2.25 bits per heavy atom. The Balaban J connectivity index is 2.24. The van der Waals surface area contributed by atoms with Gasteiger partial charge in [0, 0.05) is 12.1 Å². The van der Waals surface area contributed by atoms with Gasteiger partial charge in [-0.1, -0.05) is 12.2 Å². The van der Waals surface area contributed by atoms with E-state index >= 15 is 0 Å². The first kappa shape index (κ1) is 12.5. The molecule has 0 heterocycles. The first-order chi connectivity index (χ1) is 7.58. The van der Waals surface area contributed by atoms with Crippen molar-refractivity contribution in [2.24, 2.45) is 0 Å². The van der Waals surface area contributed by atoms with Gasteiger partial charge in [-0.15, -0.1) is 0 Å². The van der Waals surface area contributed by atoms with Crippen LogP contribution in [0, 0.1) is 0 Å². The van der Waals surface area contributed by atoms with Gasteiger partial charge < -0.3 is 15.7 Å². The third kappa shape index (κ3) is 4.82. The Bertz CT molecular complexity index is 289. The zero-order valence-corrected chi connectivity index (χ0v) is 9.40. The van der Waals surface area contributed by atoms with Crippen molar-refractivity contribution in [3.8, 4) is 0 Å². The normalized spacial score (nSPS) is 21.2. The summed E-state index contributed by atoms with van der Waals surface area (Å²) in [5, 5.41) is 14.0. The number of carboxylic acid groups (broad SMARTS) is 1. The number of carbonyl (C=O) groups excluding carboxylic acids is 1. The maximum absolute atomic E-state index is 11.5. The highest BCUT2D eigenvalue weighted by molar-refractivity contribution is 5.75. The summed E-state index contributed by atoms with van der Waals surface area (Å²) in [4.78, 5) is 21.9. The fourth-order valence-electron chi connectivity index (χ4n) is 1.69. The van der Waals surface area contributed by atoms with Crippen LogP contribution in [0.5, 0.6) is 0 Å². The van der Waals surface area contributed by atoms with Crippen LogP contribution in [0.3, 0.4) is 0 Å². The van der Waals surface area contributed by atoms with Gasteiger partial charge in [0.05, 0.1) is 6.42 Å². The minimum absolute atomic E-state index is 0.0576. The van der Waals surface area contributed by atoms with Crippen LogP contribution in [-0.2, 0) is 4.79 Å². The van der Waals surface area contributed by atoms with Gasteiger partial charge in [0.1, 0.15) is 0 Å². The van der Waals surface area contributed by atoms with E-state index in [2.05, 4.69) is 22.8 Å². The zero-order chi connectivity index (χ0) is 12.0. The van der Waals surface area contributed by atoms with E-state index in [1.807, 2.05) is 0 Å². The Hall–Kier alpha value is -1.52. The Labute approximate surface area is 94.9 Å². The summed E-state index contributed by atoms with van der Waals surface area (Å²) in [6.45, 7) is 1.68. The Morgan fingerprint density at radius 3 is 2.81 bits per heavy atom. The molecule has 0 saturated heterocycles. The number of allylic oxidation sites excluding steroid dienone is 1. The Morgan fingerprint density at radius 1 is 1.50 bits per heavy atom. The Kier molecular flexibility index (Phi) is 4.82. The number of carbonyl (C=O) groups is 2. The van der Waals surface area contributed by atoms with Crippen LogP contribution in [0.2, 0.25) is 0 Å². The van der Waals surface area contributed by atoms with Gasteiger partial charge in [-0.25, -0.2) is 4.79 Å². The largest absolute Gasteiger partial charge is 0.481 e. The molecule has 0 aromatic carbocycles. The summed E-state index contributed by atoms with van der Waals surface area (Å²) >= 11 is 0. The van der Waals surface area contributed by atoms with Crippen molar-refractivity contribution in [3.63, 3.8) is 0 Å². The molecule has 90 valence electrons. The molecule has 0 bridgehead atoms. The van der Waals surface area contributed by atoms with Gasteiger partial charge in [0.2, 0.25) is 0 Å². The molecular weight excluding hydrogens is 208 g/mol. The molecule has 0 radical (unpaired) electrons. The van der Waals surface area contributed by atoms with Crippen molar-refractivity contribution in [2.45, 2.75) is 44.7 Å². The van der Waals surface area contributed by atoms with Gasteiger partial charge >= 0.3 is 12.0 Å². The maximum atomic E-state index is 11.5. The molecule has 1 aliphatic carbocycles.